The van der Waals surface area contributed by atoms with Crippen molar-refractivity contribution in [1.82, 2.24) is 15.4 Å². The average molecular weight is 397 g/mol. The van der Waals surface area contributed by atoms with E-state index >= 15 is 0 Å². The average Bonchev–Trinajstić information content (AvgIpc) is 3.27. The van der Waals surface area contributed by atoms with E-state index < -0.39 is 23.5 Å². The third-order valence-corrected chi connectivity index (χ3v) is 5.08. The molecule has 0 saturated carbocycles. The van der Waals surface area contributed by atoms with Crippen LogP contribution in [0.25, 0.3) is 0 Å². The van der Waals surface area contributed by atoms with Crippen molar-refractivity contribution in [3.05, 3.63) is 47.5 Å². The molecule has 2 aromatic rings. The van der Waals surface area contributed by atoms with E-state index in [9.17, 15) is 22.4 Å². The van der Waals surface area contributed by atoms with Crippen LogP contribution in [0, 0.1) is 5.82 Å². The van der Waals surface area contributed by atoms with Gasteiger partial charge in [0.1, 0.15) is 5.82 Å². The normalized spacial score (nSPS) is 21.3. The predicted octanol–water partition coefficient (Wildman–Crippen LogP) is 2.22. The number of nitrogens with zero attached hydrogens (tertiary/aromatic N) is 4. The zero-order valence-electron chi connectivity index (χ0n) is 14.3. The summed E-state index contributed by atoms with van der Waals surface area (Å²) >= 11 is 0. The molecule has 2 saturated heterocycles. The van der Waals surface area contributed by atoms with Crippen LogP contribution in [0.2, 0.25) is 0 Å². The Hall–Kier alpha value is -2.95. The minimum atomic E-state index is -4.59. The van der Waals surface area contributed by atoms with Crippen molar-refractivity contribution in [3.8, 4) is 0 Å². The molecule has 1 amide bonds. The number of hydrogen-bond donors (Lipinski definition) is 2. The SMILES string of the molecule is O=C(NO)c1cnc(N2C[C@@H]3C[C@H]2CN3c2ccc(C(F)(F)F)cc2F)nc1. The van der Waals surface area contributed by atoms with E-state index in [4.69, 9.17) is 5.21 Å². The predicted molar refractivity (Wildman–Crippen MR) is 89.6 cm³/mol. The lowest BCUT2D eigenvalue weighted by molar-refractivity contribution is -0.137. The van der Waals surface area contributed by atoms with Gasteiger partial charge in [0.05, 0.1) is 22.9 Å². The van der Waals surface area contributed by atoms with Crippen LogP contribution in [0.15, 0.2) is 30.6 Å². The number of carbonyl (C=O) groups is 1. The summed E-state index contributed by atoms with van der Waals surface area (Å²) < 4.78 is 52.5. The van der Waals surface area contributed by atoms with E-state index in [0.29, 0.717) is 31.5 Å². The summed E-state index contributed by atoms with van der Waals surface area (Å²) in [6.45, 7) is 0.909. The van der Waals surface area contributed by atoms with Crippen LogP contribution in [0.1, 0.15) is 22.3 Å². The Morgan fingerprint density at radius 2 is 1.79 bits per heavy atom. The summed E-state index contributed by atoms with van der Waals surface area (Å²) in [5, 5.41) is 8.61. The van der Waals surface area contributed by atoms with Crippen LogP contribution in [0.4, 0.5) is 29.2 Å². The topological polar surface area (TPSA) is 81.6 Å². The van der Waals surface area contributed by atoms with Gasteiger partial charge in [-0.15, -0.1) is 0 Å². The molecule has 0 unspecified atom stereocenters. The van der Waals surface area contributed by atoms with Crippen LogP contribution in [0.3, 0.4) is 0 Å². The van der Waals surface area contributed by atoms with Gasteiger partial charge >= 0.3 is 6.18 Å². The van der Waals surface area contributed by atoms with Gasteiger partial charge in [0.25, 0.3) is 5.91 Å². The number of fused-ring (bicyclic) bond motifs is 2. The molecule has 11 heteroatoms. The molecule has 4 rings (SSSR count). The van der Waals surface area contributed by atoms with Gasteiger partial charge in [-0.05, 0) is 24.6 Å². The van der Waals surface area contributed by atoms with Gasteiger partial charge in [0.2, 0.25) is 5.95 Å². The smallest absolute Gasteiger partial charge is 0.362 e. The van der Waals surface area contributed by atoms with Gasteiger partial charge in [0, 0.05) is 31.5 Å². The largest absolute Gasteiger partial charge is 0.416 e. The molecule has 1 aromatic carbocycles. The number of nitrogens with one attached hydrogen (secondary N) is 1. The van der Waals surface area contributed by atoms with Crippen LogP contribution in [-0.2, 0) is 6.18 Å². The number of halogens is 4. The first-order valence-electron chi connectivity index (χ1n) is 8.44. The Morgan fingerprint density at radius 3 is 2.32 bits per heavy atom. The maximum absolute atomic E-state index is 14.3. The minimum Gasteiger partial charge on any atom is -0.362 e. The number of aromatic nitrogens is 2. The molecule has 2 aliphatic rings. The Morgan fingerprint density at radius 1 is 1.14 bits per heavy atom. The van der Waals surface area contributed by atoms with Crippen LogP contribution < -0.4 is 15.3 Å². The highest BCUT2D eigenvalue weighted by atomic mass is 19.4. The van der Waals surface area contributed by atoms with Gasteiger partial charge in [-0.1, -0.05) is 0 Å². The Bertz CT molecular complexity index is 905. The van der Waals surface area contributed by atoms with Crippen molar-refractivity contribution in [1.29, 1.82) is 0 Å². The van der Waals surface area contributed by atoms with Crippen molar-refractivity contribution in [2.24, 2.45) is 0 Å². The summed E-state index contributed by atoms with van der Waals surface area (Å²) in [4.78, 5) is 23.3. The first-order chi connectivity index (χ1) is 13.3. The number of anilines is 2. The van der Waals surface area contributed by atoms with E-state index in [1.165, 1.54) is 23.9 Å². The molecule has 7 nitrogen and oxygen atoms in total. The molecule has 0 aliphatic carbocycles. The fourth-order valence-corrected chi connectivity index (χ4v) is 3.77. The molecular weight excluding hydrogens is 382 g/mol. The number of amides is 1. The second-order valence-electron chi connectivity index (χ2n) is 6.72. The van der Waals surface area contributed by atoms with E-state index in [1.54, 1.807) is 4.90 Å². The van der Waals surface area contributed by atoms with Gasteiger partial charge in [-0.3, -0.25) is 10.0 Å². The van der Waals surface area contributed by atoms with Crippen molar-refractivity contribution in [2.45, 2.75) is 24.7 Å². The minimum absolute atomic E-state index is 0.0239. The summed E-state index contributed by atoms with van der Waals surface area (Å²) in [5.74, 6) is -1.22. The fourth-order valence-electron chi connectivity index (χ4n) is 3.77. The third-order valence-electron chi connectivity index (χ3n) is 5.08. The second-order valence-corrected chi connectivity index (χ2v) is 6.72. The first-order valence-corrected chi connectivity index (χ1v) is 8.44. The maximum Gasteiger partial charge on any atom is 0.416 e. The molecule has 28 heavy (non-hydrogen) atoms. The van der Waals surface area contributed by atoms with Crippen LogP contribution in [-0.4, -0.2) is 46.3 Å². The fraction of sp³-hybridized carbons (Fsp3) is 0.353. The highest BCUT2D eigenvalue weighted by Crippen LogP contribution is 2.39. The summed E-state index contributed by atoms with van der Waals surface area (Å²) in [6.07, 6.45) is -1.32. The number of hydrogen-bond acceptors (Lipinski definition) is 6. The second kappa shape index (κ2) is 6.59. The molecule has 2 bridgehead atoms. The van der Waals surface area contributed by atoms with Gasteiger partial charge < -0.3 is 9.80 Å². The lowest BCUT2D eigenvalue weighted by atomic mass is 10.1. The lowest BCUT2D eigenvalue weighted by Crippen LogP contribution is -2.47. The van der Waals surface area contributed by atoms with E-state index in [2.05, 4.69) is 9.97 Å². The van der Waals surface area contributed by atoms with Gasteiger partial charge in [-0.25, -0.2) is 19.8 Å². The van der Waals surface area contributed by atoms with Crippen LogP contribution >= 0.6 is 0 Å². The Labute approximate surface area is 156 Å². The molecule has 0 radical (unpaired) electrons. The first kappa shape index (κ1) is 18.4. The molecule has 0 spiro atoms. The van der Waals surface area contributed by atoms with E-state index in [1.807, 2.05) is 4.90 Å². The molecule has 1 aromatic heterocycles. The Kier molecular flexibility index (Phi) is 4.33. The molecular formula is C17H15F4N5O2. The highest BCUT2D eigenvalue weighted by molar-refractivity contribution is 5.92. The van der Waals surface area contributed by atoms with Gasteiger partial charge in [-0.2, -0.15) is 13.2 Å². The number of piperazine rings is 1. The summed E-state index contributed by atoms with van der Waals surface area (Å²) in [7, 11) is 0. The monoisotopic (exact) mass is 397 g/mol. The van der Waals surface area contributed by atoms with Crippen LogP contribution in [0.5, 0.6) is 0 Å². The standard InChI is InChI=1S/C17H15F4N5O2/c18-13-3-10(17(19,20)21)1-2-14(13)25-7-12-4-11(25)8-26(12)16-22-5-9(6-23-16)15(27)24-28/h1-3,5-6,11-12,28H,4,7-8H2,(H,24,27)/t11-,12-/m0/s1. The van der Waals surface area contributed by atoms with E-state index in [-0.39, 0.29) is 23.3 Å². The quantitative estimate of drug-likeness (QED) is 0.470. The number of rotatable bonds is 3. The number of benzene rings is 1. The van der Waals surface area contributed by atoms with Gasteiger partial charge in [0.15, 0.2) is 0 Å². The highest BCUT2D eigenvalue weighted by Gasteiger charge is 2.45. The molecule has 148 valence electrons. The third kappa shape index (κ3) is 3.11. The zero-order chi connectivity index (χ0) is 20.1. The molecule has 3 heterocycles. The summed E-state index contributed by atoms with van der Waals surface area (Å²) in [5.41, 5.74) is 0.731. The van der Waals surface area contributed by atoms with Crippen molar-refractivity contribution < 1.29 is 27.6 Å². The lowest BCUT2D eigenvalue weighted by Gasteiger charge is -2.35. The molecule has 2 aliphatic heterocycles. The van der Waals surface area contributed by atoms with Crippen molar-refractivity contribution in [2.75, 3.05) is 22.9 Å². The Balaban J connectivity index is 1.49. The molecule has 2 fully saturated rings. The number of alkyl halides is 3. The summed E-state index contributed by atoms with van der Waals surface area (Å²) in [6, 6.07) is 2.47. The number of hydroxylamine groups is 1. The van der Waals surface area contributed by atoms with E-state index in [0.717, 1.165) is 6.07 Å². The molecule has 2 atom stereocenters. The maximum atomic E-state index is 14.3. The van der Waals surface area contributed by atoms with Crippen molar-refractivity contribution >= 4 is 17.5 Å². The molecule has 2 N–H and O–H groups in total. The van der Waals surface area contributed by atoms with Crippen molar-refractivity contribution in [3.63, 3.8) is 0 Å². The number of carbonyl (C=O) groups excluding carboxylic acids is 1. The zero-order valence-corrected chi connectivity index (χ0v) is 14.3.